The number of carbonyl (C=O) groups is 1. The molecule has 20 heavy (non-hydrogen) atoms. The van der Waals surface area contributed by atoms with Gasteiger partial charge >= 0.3 is 0 Å². The summed E-state index contributed by atoms with van der Waals surface area (Å²) < 4.78 is 10.5. The zero-order valence-electron chi connectivity index (χ0n) is 12.5. The van der Waals surface area contributed by atoms with Gasteiger partial charge in [0.2, 0.25) is 5.91 Å². The highest BCUT2D eigenvalue weighted by atomic mass is 16.5. The highest BCUT2D eigenvalue weighted by Crippen LogP contribution is 2.30. The van der Waals surface area contributed by atoms with E-state index in [9.17, 15) is 4.79 Å². The molecule has 1 saturated carbocycles. The SMILES string of the molecule is CCN(Cc1ccc(OC)c(OC)c1)C(=O)C1CCC1. The van der Waals surface area contributed by atoms with Crippen molar-refractivity contribution in [3.8, 4) is 11.5 Å². The summed E-state index contributed by atoms with van der Waals surface area (Å²) in [6.45, 7) is 3.40. The molecule has 1 aliphatic rings. The summed E-state index contributed by atoms with van der Waals surface area (Å²) >= 11 is 0. The fourth-order valence-corrected chi connectivity index (χ4v) is 2.46. The quantitative estimate of drug-likeness (QED) is 0.802. The van der Waals surface area contributed by atoms with Crippen LogP contribution in [0.1, 0.15) is 31.7 Å². The number of nitrogens with zero attached hydrogens (tertiary/aromatic N) is 1. The van der Waals surface area contributed by atoms with Crippen molar-refractivity contribution < 1.29 is 14.3 Å². The fourth-order valence-electron chi connectivity index (χ4n) is 2.46. The van der Waals surface area contributed by atoms with Crippen molar-refractivity contribution in [2.24, 2.45) is 5.92 Å². The number of methoxy groups -OCH3 is 2. The van der Waals surface area contributed by atoms with Gasteiger partial charge in [0.15, 0.2) is 11.5 Å². The molecule has 0 aliphatic heterocycles. The summed E-state index contributed by atoms with van der Waals surface area (Å²) in [4.78, 5) is 14.2. The number of amides is 1. The van der Waals surface area contributed by atoms with E-state index in [0.29, 0.717) is 18.0 Å². The Morgan fingerprint density at radius 1 is 1.25 bits per heavy atom. The van der Waals surface area contributed by atoms with Crippen LogP contribution in [-0.4, -0.2) is 31.6 Å². The van der Waals surface area contributed by atoms with Crippen LogP contribution in [0.4, 0.5) is 0 Å². The second-order valence-electron chi connectivity index (χ2n) is 5.17. The predicted octanol–water partition coefficient (Wildman–Crippen LogP) is 2.85. The second kappa shape index (κ2) is 6.64. The van der Waals surface area contributed by atoms with Gasteiger partial charge in [-0.25, -0.2) is 0 Å². The van der Waals surface area contributed by atoms with Gasteiger partial charge in [0, 0.05) is 19.0 Å². The van der Waals surface area contributed by atoms with Crippen molar-refractivity contribution >= 4 is 5.91 Å². The Kier molecular flexibility index (Phi) is 4.88. The summed E-state index contributed by atoms with van der Waals surface area (Å²) in [6.07, 6.45) is 3.27. The van der Waals surface area contributed by atoms with E-state index in [0.717, 1.165) is 24.9 Å². The Morgan fingerprint density at radius 2 is 1.95 bits per heavy atom. The van der Waals surface area contributed by atoms with E-state index in [4.69, 9.17) is 9.47 Å². The van der Waals surface area contributed by atoms with Gasteiger partial charge in [-0.05, 0) is 37.5 Å². The van der Waals surface area contributed by atoms with Crippen molar-refractivity contribution in [1.29, 1.82) is 0 Å². The average Bonchev–Trinajstić information content (AvgIpc) is 2.42. The molecule has 2 rings (SSSR count). The van der Waals surface area contributed by atoms with Crippen molar-refractivity contribution in [3.63, 3.8) is 0 Å². The van der Waals surface area contributed by atoms with Crippen LogP contribution in [0.2, 0.25) is 0 Å². The topological polar surface area (TPSA) is 38.8 Å². The summed E-state index contributed by atoms with van der Waals surface area (Å²) in [7, 11) is 3.24. The van der Waals surface area contributed by atoms with Crippen LogP contribution in [0, 0.1) is 5.92 Å². The summed E-state index contributed by atoms with van der Waals surface area (Å²) in [6, 6.07) is 5.81. The fraction of sp³-hybridized carbons (Fsp3) is 0.562. The molecule has 0 N–H and O–H groups in total. The molecule has 0 saturated heterocycles. The molecule has 0 aromatic heterocycles. The smallest absolute Gasteiger partial charge is 0.225 e. The molecule has 0 spiro atoms. The third-order valence-corrected chi connectivity index (χ3v) is 3.97. The van der Waals surface area contributed by atoms with Gasteiger partial charge in [0.05, 0.1) is 14.2 Å². The Balaban J connectivity index is 2.08. The Morgan fingerprint density at radius 3 is 2.45 bits per heavy atom. The van der Waals surface area contributed by atoms with Gasteiger partial charge < -0.3 is 14.4 Å². The van der Waals surface area contributed by atoms with Crippen LogP contribution in [-0.2, 0) is 11.3 Å². The van der Waals surface area contributed by atoms with Crippen molar-refractivity contribution in [1.82, 2.24) is 4.90 Å². The zero-order valence-corrected chi connectivity index (χ0v) is 12.5. The van der Waals surface area contributed by atoms with E-state index < -0.39 is 0 Å². The van der Waals surface area contributed by atoms with Gasteiger partial charge in [0.25, 0.3) is 0 Å². The first-order valence-electron chi connectivity index (χ1n) is 7.19. The maximum Gasteiger partial charge on any atom is 0.225 e. The molecule has 1 amide bonds. The normalized spacial score (nSPS) is 14.6. The van der Waals surface area contributed by atoms with Gasteiger partial charge in [-0.1, -0.05) is 12.5 Å². The minimum atomic E-state index is 0.245. The van der Waals surface area contributed by atoms with E-state index in [1.54, 1.807) is 14.2 Å². The third-order valence-electron chi connectivity index (χ3n) is 3.97. The number of rotatable bonds is 6. The van der Waals surface area contributed by atoms with E-state index in [1.165, 1.54) is 6.42 Å². The Labute approximate surface area is 120 Å². The van der Waals surface area contributed by atoms with Crippen molar-refractivity contribution in [2.45, 2.75) is 32.7 Å². The molecule has 0 unspecified atom stereocenters. The predicted molar refractivity (Wildman–Crippen MR) is 78.0 cm³/mol. The van der Waals surface area contributed by atoms with Crippen molar-refractivity contribution in [2.75, 3.05) is 20.8 Å². The van der Waals surface area contributed by atoms with Crippen LogP contribution in [0.25, 0.3) is 0 Å². The van der Waals surface area contributed by atoms with Crippen LogP contribution in [0.5, 0.6) is 11.5 Å². The minimum Gasteiger partial charge on any atom is -0.493 e. The molecular weight excluding hydrogens is 254 g/mol. The van der Waals surface area contributed by atoms with Gasteiger partial charge in [0.1, 0.15) is 0 Å². The number of hydrogen-bond acceptors (Lipinski definition) is 3. The maximum atomic E-state index is 12.3. The lowest BCUT2D eigenvalue weighted by atomic mass is 9.84. The average molecular weight is 277 g/mol. The summed E-state index contributed by atoms with van der Waals surface area (Å²) in [5, 5.41) is 0. The second-order valence-corrected chi connectivity index (χ2v) is 5.17. The van der Waals surface area contributed by atoms with Crippen LogP contribution in [0.15, 0.2) is 18.2 Å². The molecule has 1 aromatic rings. The monoisotopic (exact) mass is 277 g/mol. The maximum absolute atomic E-state index is 12.3. The lowest BCUT2D eigenvalue weighted by Gasteiger charge is -2.31. The number of ether oxygens (including phenoxy) is 2. The molecule has 0 heterocycles. The number of carbonyl (C=O) groups excluding carboxylic acids is 1. The highest BCUT2D eigenvalue weighted by Gasteiger charge is 2.28. The lowest BCUT2D eigenvalue weighted by molar-refractivity contribution is -0.138. The molecule has 4 heteroatoms. The third kappa shape index (κ3) is 3.06. The molecule has 1 fully saturated rings. The molecule has 0 atom stereocenters. The van der Waals surface area contributed by atoms with Crippen LogP contribution in [0.3, 0.4) is 0 Å². The van der Waals surface area contributed by atoms with E-state index in [2.05, 4.69) is 0 Å². The number of hydrogen-bond donors (Lipinski definition) is 0. The highest BCUT2D eigenvalue weighted by molar-refractivity contribution is 5.79. The van der Waals surface area contributed by atoms with Gasteiger partial charge in [-0.15, -0.1) is 0 Å². The molecule has 0 bridgehead atoms. The van der Waals surface area contributed by atoms with Crippen LogP contribution >= 0.6 is 0 Å². The van der Waals surface area contributed by atoms with E-state index >= 15 is 0 Å². The van der Waals surface area contributed by atoms with Gasteiger partial charge in [-0.3, -0.25) is 4.79 Å². The molecule has 110 valence electrons. The Bertz CT molecular complexity index is 469. The first-order chi connectivity index (χ1) is 9.69. The largest absolute Gasteiger partial charge is 0.493 e. The van der Waals surface area contributed by atoms with E-state index in [1.807, 2.05) is 30.0 Å². The molecular formula is C16H23NO3. The molecule has 0 radical (unpaired) electrons. The first kappa shape index (κ1) is 14.7. The molecule has 4 nitrogen and oxygen atoms in total. The van der Waals surface area contributed by atoms with E-state index in [-0.39, 0.29) is 11.8 Å². The summed E-state index contributed by atoms with van der Waals surface area (Å²) in [5.41, 5.74) is 1.07. The summed E-state index contributed by atoms with van der Waals surface area (Å²) in [5.74, 6) is 1.95. The van der Waals surface area contributed by atoms with Gasteiger partial charge in [-0.2, -0.15) is 0 Å². The Hall–Kier alpha value is -1.71. The van der Waals surface area contributed by atoms with Crippen LogP contribution < -0.4 is 9.47 Å². The van der Waals surface area contributed by atoms with Crippen molar-refractivity contribution in [3.05, 3.63) is 23.8 Å². The standard InChI is InChI=1S/C16H23NO3/c1-4-17(16(18)13-6-5-7-13)11-12-8-9-14(19-2)15(10-12)20-3/h8-10,13H,4-7,11H2,1-3H3. The molecule has 1 aliphatic carbocycles. The first-order valence-corrected chi connectivity index (χ1v) is 7.19. The lowest BCUT2D eigenvalue weighted by Crippen LogP contribution is -2.38. The number of benzene rings is 1. The zero-order chi connectivity index (χ0) is 14.5. The molecule has 1 aromatic carbocycles. The minimum absolute atomic E-state index is 0.245.